The van der Waals surface area contributed by atoms with Gasteiger partial charge in [-0.2, -0.15) is 0 Å². The van der Waals surface area contributed by atoms with Crippen molar-refractivity contribution in [2.24, 2.45) is 0 Å². The first-order valence-corrected chi connectivity index (χ1v) is 7.06. The summed E-state index contributed by atoms with van der Waals surface area (Å²) in [6.45, 7) is 2.39. The van der Waals surface area contributed by atoms with Crippen LogP contribution in [0.5, 0.6) is 0 Å². The van der Waals surface area contributed by atoms with E-state index < -0.39 is 0 Å². The number of hydrogen-bond donors (Lipinski definition) is 1. The van der Waals surface area contributed by atoms with Crippen LogP contribution in [0.1, 0.15) is 19.3 Å². The third-order valence-electron chi connectivity index (χ3n) is 3.57. The molecule has 3 rings (SSSR count). The highest BCUT2D eigenvalue weighted by Crippen LogP contribution is 2.12. The van der Waals surface area contributed by atoms with Crippen molar-refractivity contribution < 1.29 is 4.79 Å². The van der Waals surface area contributed by atoms with E-state index in [2.05, 4.69) is 15.3 Å². The molecule has 0 spiro atoms. The molecule has 1 amide bonds. The second-order valence-electron chi connectivity index (χ2n) is 5.02. The van der Waals surface area contributed by atoms with Crippen molar-refractivity contribution in [3.8, 4) is 0 Å². The fourth-order valence-electron chi connectivity index (χ4n) is 2.46. The quantitative estimate of drug-likeness (QED) is 0.924. The van der Waals surface area contributed by atoms with E-state index in [0.29, 0.717) is 18.9 Å². The van der Waals surface area contributed by atoms with E-state index >= 15 is 0 Å². The molecule has 1 fully saturated rings. The summed E-state index contributed by atoms with van der Waals surface area (Å²) in [7, 11) is 0. The first-order valence-electron chi connectivity index (χ1n) is 7.06. The summed E-state index contributed by atoms with van der Waals surface area (Å²) >= 11 is 0. The molecule has 1 N–H and O–H groups in total. The molecule has 0 unspecified atom stereocenters. The maximum Gasteiger partial charge on any atom is 0.224 e. The third-order valence-corrected chi connectivity index (χ3v) is 3.57. The van der Waals surface area contributed by atoms with E-state index in [1.807, 2.05) is 29.2 Å². The number of nitrogens with zero attached hydrogens (tertiary/aromatic N) is 3. The number of likely N-dealkylation sites (tertiary alicyclic amines) is 1. The summed E-state index contributed by atoms with van der Waals surface area (Å²) in [5.74, 6) is 0.800. The summed E-state index contributed by atoms with van der Waals surface area (Å²) in [4.78, 5) is 22.5. The molecule has 104 valence electrons. The average molecular weight is 270 g/mol. The Bertz CT molecular complexity index is 608. The Labute approximate surface area is 118 Å². The van der Waals surface area contributed by atoms with Gasteiger partial charge in [0.1, 0.15) is 0 Å². The van der Waals surface area contributed by atoms with Gasteiger partial charge in [-0.3, -0.25) is 4.79 Å². The van der Waals surface area contributed by atoms with Crippen LogP contribution in [0.3, 0.4) is 0 Å². The summed E-state index contributed by atoms with van der Waals surface area (Å²) < 4.78 is 0. The molecule has 1 aliphatic rings. The number of fused-ring (bicyclic) bond motifs is 1. The third kappa shape index (κ3) is 2.87. The number of benzene rings is 1. The van der Waals surface area contributed by atoms with Crippen molar-refractivity contribution in [3.63, 3.8) is 0 Å². The minimum Gasteiger partial charge on any atom is -0.354 e. The van der Waals surface area contributed by atoms with E-state index in [9.17, 15) is 4.79 Å². The van der Waals surface area contributed by atoms with Gasteiger partial charge in [0.2, 0.25) is 11.9 Å². The molecule has 0 atom stereocenters. The van der Waals surface area contributed by atoms with Crippen molar-refractivity contribution in [2.75, 3.05) is 25.0 Å². The van der Waals surface area contributed by atoms with Gasteiger partial charge in [0.15, 0.2) is 0 Å². The van der Waals surface area contributed by atoms with E-state index in [1.54, 1.807) is 6.20 Å². The molecule has 0 radical (unpaired) electrons. The predicted molar refractivity (Wildman–Crippen MR) is 78.5 cm³/mol. The maximum absolute atomic E-state index is 11.9. The molecule has 1 aliphatic heterocycles. The van der Waals surface area contributed by atoms with Gasteiger partial charge in [-0.05, 0) is 18.9 Å². The van der Waals surface area contributed by atoms with Crippen LogP contribution in [0.15, 0.2) is 30.5 Å². The number of para-hydroxylation sites is 1. The van der Waals surface area contributed by atoms with Gasteiger partial charge < -0.3 is 10.2 Å². The molecule has 20 heavy (non-hydrogen) atoms. The fourth-order valence-corrected chi connectivity index (χ4v) is 2.46. The largest absolute Gasteiger partial charge is 0.354 e. The lowest BCUT2D eigenvalue weighted by Gasteiger charge is -2.15. The van der Waals surface area contributed by atoms with Crippen LogP contribution in [-0.4, -0.2) is 40.4 Å². The van der Waals surface area contributed by atoms with Gasteiger partial charge in [-0.15, -0.1) is 0 Å². The minimum absolute atomic E-state index is 0.218. The number of carbonyl (C=O) groups is 1. The van der Waals surface area contributed by atoms with Crippen molar-refractivity contribution >= 4 is 22.8 Å². The average Bonchev–Trinajstić information content (AvgIpc) is 3.01. The van der Waals surface area contributed by atoms with Gasteiger partial charge in [-0.25, -0.2) is 9.97 Å². The Balaban J connectivity index is 1.55. The van der Waals surface area contributed by atoms with Gasteiger partial charge in [0, 0.05) is 37.6 Å². The zero-order valence-corrected chi connectivity index (χ0v) is 11.4. The fraction of sp³-hybridized carbons (Fsp3) is 0.400. The first kappa shape index (κ1) is 12.8. The van der Waals surface area contributed by atoms with Crippen LogP contribution >= 0.6 is 0 Å². The van der Waals surface area contributed by atoms with Crippen LogP contribution in [0, 0.1) is 0 Å². The van der Waals surface area contributed by atoms with E-state index in [4.69, 9.17) is 0 Å². The minimum atomic E-state index is 0.218. The van der Waals surface area contributed by atoms with Crippen LogP contribution in [0.2, 0.25) is 0 Å². The smallest absolute Gasteiger partial charge is 0.224 e. The lowest BCUT2D eigenvalue weighted by Crippen LogP contribution is -2.29. The maximum atomic E-state index is 11.9. The zero-order valence-electron chi connectivity index (χ0n) is 11.4. The molecule has 2 aromatic rings. The molecule has 0 saturated carbocycles. The molecular formula is C15H18N4O. The topological polar surface area (TPSA) is 58.1 Å². The molecule has 1 aromatic heterocycles. The normalized spacial score (nSPS) is 14.7. The second kappa shape index (κ2) is 5.86. The molecule has 1 aromatic carbocycles. The van der Waals surface area contributed by atoms with Gasteiger partial charge in [0.05, 0.1) is 5.52 Å². The van der Waals surface area contributed by atoms with E-state index in [0.717, 1.165) is 36.8 Å². The Morgan fingerprint density at radius 1 is 1.25 bits per heavy atom. The summed E-state index contributed by atoms with van der Waals surface area (Å²) in [5.41, 5.74) is 0.913. The molecule has 5 heteroatoms. The van der Waals surface area contributed by atoms with E-state index in [1.165, 1.54) is 0 Å². The number of rotatable bonds is 4. The Hall–Kier alpha value is -2.17. The number of aromatic nitrogens is 2. The summed E-state index contributed by atoms with van der Waals surface area (Å²) in [5, 5.41) is 4.14. The Kier molecular flexibility index (Phi) is 3.76. The highest BCUT2D eigenvalue weighted by atomic mass is 16.2. The molecule has 0 bridgehead atoms. The number of carbonyl (C=O) groups excluding carboxylic acids is 1. The van der Waals surface area contributed by atoms with Crippen LogP contribution in [0.25, 0.3) is 10.9 Å². The SMILES string of the molecule is O=C(CCNc1ncc2ccccc2n1)N1CCCC1. The van der Waals surface area contributed by atoms with Crippen molar-refractivity contribution in [1.29, 1.82) is 0 Å². The zero-order chi connectivity index (χ0) is 13.8. The number of anilines is 1. The standard InChI is InChI=1S/C15H18N4O/c20-14(19-9-3-4-10-19)7-8-16-15-17-11-12-5-1-2-6-13(12)18-15/h1-2,5-6,11H,3-4,7-10H2,(H,16,17,18). The van der Waals surface area contributed by atoms with Crippen LogP contribution < -0.4 is 5.32 Å². The van der Waals surface area contributed by atoms with Crippen molar-refractivity contribution in [3.05, 3.63) is 30.5 Å². The van der Waals surface area contributed by atoms with Gasteiger partial charge in [0.25, 0.3) is 0 Å². The lowest BCUT2D eigenvalue weighted by molar-refractivity contribution is -0.129. The van der Waals surface area contributed by atoms with Crippen molar-refractivity contribution in [2.45, 2.75) is 19.3 Å². The predicted octanol–water partition coefficient (Wildman–Crippen LogP) is 2.05. The number of amides is 1. The van der Waals surface area contributed by atoms with Crippen LogP contribution in [0.4, 0.5) is 5.95 Å². The lowest BCUT2D eigenvalue weighted by atomic mass is 10.2. The Morgan fingerprint density at radius 3 is 2.90 bits per heavy atom. The highest BCUT2D eigenvalue weighted by Gasteiger charge is 2.17. The molecule has 1 saturated heterocycles. The van der Waals surface area contributed by atoms with Crippen LogP contribution in [-0.2, 0) is 4.79 Å². The molecule has 5 nitrogen and oxygen atoms in total. The first-order chi connectivity index (χ1) is 9.83. The van der Waals surface area contributed by atoms with E-state index in [-0.39, 0.29) is 5.91 Å². The van der Waals surface area contributed by atoms with Crippen molar-refractivity contribution in [1.82, 2.24) is 14.9 Å². The molecule has 0 aliphatic carbocycles. The molecular weight excluding hydrogens is 252 g/mol. The monoisotopic (exact) mass is 270 g/mol. The number of nitrogens with one attached hydrogen (secondary N) is 1. The molecule has 2 heterocycles. The van der Waals surface area contributed by atoms with Gasteiger partial charge >= 0.3 is 0 Å². The second-order valence-corrected chi connectivity index (χ2v) is 5.02. The number of hydrogen-bond acceptors (Lipinski definition) is 4. The summed E-state index contributed by atoms with van der Waals surface area (Å²) in [6, 6.07) is 7.86. The Morgan fingerprint density at radius 2 is 2.05 bits per heavy atom. The highest BCUT2D eigenvalue weighted by molar-refractivity contribution is 5.79. The summed E-state index contributed by atoms with van der Waals surface area (Å²) in [6.07, 6.45) is 4.56. The van der Waals surface area contributed by atoms with Gasteiger partial charge in [-0.1, -0.05) is 18.2 Å².